The number of nitrogens with two attached hydrogens (primary N) is 2. The van der Waals surface area contributed by atoms with Gasteiger partial charge in [-0.2, -0.15) is 10.2 Å². The van der Waals surface area contributed by atoms with Crippen LogP contribution < -0.4 is 22.5 Å². The third-order valence-corrected chi connectivity index (χ3v) is 8.23. The van der Waals surface area contributed by atoms with Gasteiger partial charge in [0.05, 0.1) is 18.0 Å². The molecule has 2 amide bonds. The van der Waals surface area contributed by atoms with Crippen LogP contribution in [0.25, 0.3) is 5.70 Å². The second-order valence-electron chi connectivity index (χ2n) is 10.8. The van der Waals surface area contributed by atoms with E-state index in [-0.39, 0.29) is 18.5 Å². The molecule has 11 nitrogen and oxygen atoms in total. The number of fused-ring (bicyclic) bond motifs is 2. The molecule has 212 valence electrons. The number of carbonyl (C=O) groups is 2. The van der Waals surface area contributed by atoms with Gasteiger partial charge in [-0.25, -0.2) is 9.95 Å². The van der Waals surface area contributed by atoms with Crippen molar-refractivity contribution in [1.29, 1.82) is 5.26 Å². The molecule has 5 rings (SSSR count). The molecule has 2 unspecified atom stereocenters. The number of nitrogens with one attached hydrogen (secondary N) is 2. The molecule has 41 heavy (non-hydrogen) atoms. The average molecular weight is 556 g/mol. The molecule has 1 aliphatic heterocycles. The summed E-state index contributed by atoms with van der Waals surface area (Å²) < 4.78 is 5.10. The van der Waals surface area contributed by atoms with E-state index in [0.717, 1.165) is 34.2 Å². The molecule has 6 N–H and O–H groups in total. The van der Waals surface area contributed by atoms with Crippen LogP contribution in [0.2, 0.25) is 0 Å². The number of nitrogens with zero attached hydrogens (tertiary/aromatic N) is 3. The van der Waals surface area contributed by atoms with E-state index in [1.807, 2.05) is 31.2 Å². The largest absolute Gasteiger partial charge is 0.459 e. The highest BCUT2D eigenvalue weighted by Crippen LogP contribution is 2.47. The summed E-state index contributed by atoms with van der Waals surface area (Å²) in [6, 6.07) is 12.7. The summed E-state index contributed by atoms with van der Waals surface area (Å²) in [5, 5.41) is 15.5. The number of carbonyl (C=O) groups excluding carboxylic acids is 2. The number of likely N-dealkylation sites (tertiary alicyclic amines) is 1. The molecule has 0 bridgehead atoms. The van der Waals surface area contributed by atoms with Gasteiger partial charge in [0, 0.05) is 23.8 Å². The standard InChI is InChI=1S/C30H33N7O4/c1-17(34-16-26(38)37-11-3-4-23(37)15-31)14-30(28-35-29(40)41-36-28)24-9-7-19(18(2)32)12-20(24)5-6-21-13-22(27(33)39)8-10-25(21)30/h7-10,12-13,17,23,34H,2-6,11,14,16,32H2,1H3,(H2,33,39)(H,35,36,40)/t17-,23?,30?/m0/s1. The third kappa shape index (κ3) is 5.14. The number of hydrogen-bond donors (Lipinski definition) is 4. The molecule has 3 aromatic rings. The van der Waals surface area contributed by atoms with Crippen LogP contribution in [0.3, 0.4) is 0 Å². The van der Waals surface area contributed by atoms with Crippen molar-refractivity contribution < 1.29 is 14.1 Å². The predicted molar refractivity (Wildman–Crippen MR) is 151 cm³/mol. The van der Waals surface area contributed by atoms with Crippen LogP contribution in [0.5, 0.6) is 0 Å². The Morgan fingerprint density at radius 1 is 1.22 bits per heavy atom. The van der Waals surface area contributed by atoms with Gasteiger partial charge in [-0.1, -0.05) is 24.8 Å². The van der Waals surface area contributed by atoms with Crippen LogP contribution in [0, 0.1) is 11.3 Å². The van der Waals surface area contributed by atoms with Gasteiger partial charge in [-0.3, -0.25) is 9.59 Å². The van der Waals surface area contributed by atoms with Crippen molar-refractivity contribution >= 4 is 17.5 Å². The van der Waals surface area contributed by atoms with Gasteiger partial charge < -0.3 is 26.2 Å². The van der Waals surface area contributed by atoms with Gasteiger partial charge in [0.15, 0.2) is 5.82 Å². The molecular weight excluding hydrogens is 522 g/mol. The van der Waals surface area contributed by atoms with E-state index < -0.39 is 23.1 Å². The van der Waals surface area contributed by atoms with Crippen molar-refractivity contribution in [1.82, 2.24) is 20.4 Å². The van der Waals surface area contributed by atoms with Crippen molar-refractivity contribution in [2.24, 2.45) is 11.5 Å². The summed E-state index contributed by atoms with van der Waals surface area (Å²) in [4.78, 5) is 43.2. The summed E-state index contributed by atoms with van der Waals surface area (Å²) in [5.74, 6) is -1.13. The molecule has 0 spiro atoms. The third-order valence-electron chi connectivity index (χ3n) is 8.23. The monoisotopic (exact) mass is 555 g/mol. The highest BCUT2D eigenvalue weighted by molar-refractivity contribution is 5.93. The average Bonchev–Trinajstić information content (AvgIpc) is 3.60. The van der Waals surface area contributed by atoms with Crippen molar-refractivity contribution in [2.75, 3.05) is 13.1 Å². The first-order valence-corrected chi connectivity index (χ1v) is 13.6. The maximum absolute atomic E-state index is 13.0. The molecule has 1 aliphatic carbocycles. The minimum atomic E-state index is -1.02. The highest BCUT2D eigenvalue weighted by atomic mass is 16.5. The van der Waals surface area contributed by atoms with E-state index in [2.05, 4.69) is 28.1 Å². The van der Waals surface area contributed by atoms with E-state index in [9.17, 15) is 19.6 Å². The molecule has 1 fully saturated rings. The number of rotatable bonds is 8. The number of hydrogen-bond acceptors (Lipinski definition) is 8. The second kappa shape index (κ2) is 11.1. The van der Waals surface area contributed by atoms with Gasteiger partial charge in [0.25, 0.3) is 0 Å². The molecule has 3 atom stereocenters. The van der Waals surface area contributed by atoms with E-state index in [4.69, 9.17) is 16.0 Å². The predicted octanol–water partition coefficient (Wildman–Crippen LogP) is 1.71. The van der Waals surface area contributed by atoms with Gasteiger partial charge in [0.2, 0.25) is 11.8 Å². The quantitative estimate of drug-likeness (QED) is 0.324. The van der Waals surface area contributed by atoms with Crippen molar-refractivity contribution in [2.45, 2.75) is 56.5 Å². The lowest BCUT2D eigenvalue weighted by atomic mass is 9.67. The van der Waals surface area contributed by atoms with Gasteiger partial charge in [-0.05, 0) is 85.0 Å². The summed E-state index contributed by atoms with van der Waals surface area (Å²) in [6.07, 6.45) is 3.08. The molecule has 2 aliphatic rings. The maximum atomic E-state index is 13.0. The Morgan fingerprint density at radius 2 is 1.88 bits per heavy atom. The zero-order chi connectivity index (χ0) is 29.3. The Morgan fingerprint density at radius 3 is 2.46 bits per heavy atom. The number of aryl methyl sites for hydroxylation is 2. The normalized spacial score (nSPS) is 20.4. The second-order valence-corrected chi connectivity index (χ2v) is 10.8. The van der Waals surface area contributed by atoms with Crippen LogP contribution in [0.1, 0.15) is 70.2 Å². The van der Waals surface area contributed by atoms with E-state index in [1.54, 1.807) is 17.0 Å². The topological polar surface area (TPSA) is 184 Å². The Kier molecular flexibility index (Phi) is 7.51. The van der Waals surface area contributed by atoms with Crippen LogP contribution in [0.15, 0.2) is 52.3 Å². The Bertz CT molecular complexity index is 1550. The van der Waals surface area contributed by atoms with Crippen LogP contribution in [-0.2, 0) is 23.1 Å². The first-order chi connectivity index (χ1) is 19.6. The smallest absolute Gasteiger partial charge is 0.399 e. The number of aromatic amines is 1. The lowest BCUT2D eigenvalue weighted by Crippen LogP contribution is -2.45. The molecule has 0 radical (unpaired) electrons. The SMILES string of the molecule is C=C(N)c1ccc2c(c1)CCc1cc(C(N)=O)ccc1C2(C[C@H](C)NCC(=O)N1CCCC1C#N)c1nc(=O)o[nH]1. The fraction of sp³-hybridized carbons (Fsp3) is 0.367. The molecular formula is C30H33N7O4. The molecule has 1 aromatic heterocycles. The van der Waals surface area contributed by atoms with Crippen LogP contribution in [-0.4, -0.2) is 52.0 Å². The van der Waals surface area contributed by atoms with Crippen LogP contribution in [0.4, 0.5) is 0 Å². The number of primary amides is 1. The molecule has 2 aromatic carbocycles. The number of H-pyrrole nitrogens is 1. The summed E-state index contributed by atoms with van der Waals surface area (Å²) >= 11 is 0. The number of aromatic nitrogens is 2. The van der Waals surface area contributed by atoms with E-state index in [0.29, 0.717) is 49.3 Å². The summed E-state index contributed by atoms with van der Waals surface area (Å²) in [5.41, 5.74) is 15.8. The van der Waals surface area contributed by atoms with Gasteiger partial charge in [0.1, 0.15) is 6.04 Å². The number of amides is 2. The minimum absolute atomic E-state index is 0.0526. The highest BCUT2D eigenvalue weighted by Gasteiger charge is 2.45. The van der Waals surface area contributed by atoms with E-state index >= 15 is 0 Å². The van der Waals surface area contributed by atoms with Crippen molar-refractivity contribution in [3.05, 3.63) is 92.7 Å². The number of benzene rings is 2. The first kappa shape index (κ1) is 27.9. The fourth-order valence-electron chi connectivity index (χ4n) is 6.28. The first-order valence-electron chi connectivity index (χ1n) is 13.6. The Balaban J connectivity index is 1.61. The molecule has 2 heterocycles. The molecule has 0 saturated carbocycles. The van der Waals surface area contributed by atoms with Gasteiger partial charge >= 0.3 is 5.76 Å². The summed E-state index contributed by atoms with van der Waals surface area (Å²) in [6.45, 7) is 6.46. The Hall–Kier alpha value is -4.69. The molecule has 11 heteroatoms. The molecule has 1 saturated heterocycles. The zero-order valence-electron chi connectivity index (χ0n) is 22.9. The van der Waals surface area contributed by atoms with Crippen molar-refractivity contribution in [3.8, 4) is 6.07 Å². The lowest BCUT2D eigenvalue weighted by molar-refractivity contribution is -0.130. The fourth-order valence-corrected chi connectivity index (χ4v) is 6.28. The minimum Gasteiger partial charge on any atom is -0.399 e. The number of nitriles is 1. The van der Waals surface area contributed by atoms with Gasteiger partial charge in [-0.15, -0.1) is 0 Å². The Labute approximate surface area is 237 Å². The zero-order valence-corrected chi connectivity index (χ0v) is 22.9. The maximum Gasteiger partial charge on any atom is 0.459 e. The summed E-state index contributed by atoms with van der Waals surface area (Å²) in [7, 11) is 0. The van der Waals surface area contributed by atoms with E-state index in [1.165, 1.54) is 0 Å². The van der Waals surface area contributed by atoms with Crippen molar-refractivity contribution in [3.63, 3.8) is 0 Å². The van der Waals surface area contributed by atoms with Crippen LogP contribution >= 0.6 is 0 Å². The lowest BCUT2D eigenvalue weighted by Gasteiger charge is -2.37.